The van der Waals surface area contributed by atoms with Gasteiger partial charge >= 0.3 is 6.09 Å². The minimum atomic E-state index is -2.72. The second kappa shape index (κ2) is 12.7. The first kappa shape index (κ1) is 29.9. The molecule has 1 saturated heterocycles. The lowest BCUT2D eigenvalue weighted by Crippen LogP contribution is -2.33. The predicted octanol–water partition coefficient (Wildman–Crippen LogP) is 6.78. The van der Waals surface area contributed by atoms with E-state index in [-0.39, 0.29) is 18.0 Å². The van der Waals surface area contributed by atoms with Crippen LogP contribution in [0.5, 0.6) is 0 Å². The Morgan fingerprint density at radius 1 is 1.07 bits per heavy atom. The Balaban J connectivity index is 1.27. The number of carbonyl (C=O) groups is 2. The van der Waals surface area contributed by atoms with Crippen LogP contribution in [0.4, 0.5) is 13.6 Å². The molecule has 5 rings (SSSR count). The highest BCUT2D eigenvalue weighted by atomic mass is 32.1. The minimum absolute atomic E-state index is 0.0617. The Hall–Kier alpha value is -3.57. The zero-order valence-electron chi connectivity index (χ0n) is 24.2. The molecule has 0 radical (unpaired) electrons. The van der Waals surface area contributed by atoms with Gasteiger partial charge in [0, 0.05) is 36.0 Å². The van der Waals surface area contributed by atoms with E-state index in [0.29, 0.717) is 33.9 Å². The third-order valence-electron chi connectivity index (χ3n) is 7.20. The maximum atomic E-state index is 14.1. The summed E-state index contributed by atoms with van der Waals surface area (Å²) in [6.45, 7) is 9.25. The Labute approximate surface area is 248 Å². The average Bonchev–Trinajstić information content (AvgIpc) is 3.51. The fourth-order valence-corrected chi connectivity index (χ4v) is 6.23. The number of rotatable bonds is 9. The van der Waals surface area contributed by atoms with Gasteiger partial charge < -0.3 is 20.3 Å². The molecule has 0 saturated carbocycles. The molecule has 2 aromatic heterocycles. The molecule has 1 fully saturated rings. The summed E-state index contributed by atoms with van der Waals surface area (Å²) in [7, 11) is 0. The molecule has 2 aromatic carbocycles. The number of piperidine rings is 1. The van der Waals surface area contributed by atoms with Crippen molar-refractivity contribution >= 4 is 38.5 Å². The van der Waals surface area contributed by atoms with Crippen molar-refractivity contribution in [2.24, 2.45) is 0 Å². The van der Waals surface area contributed by atoms with Crippen LogP contribution in [0.3, 0.4) is 0 Å². The van der Waals surface area contributed by atoms with Crippen LogP contribution in [0.25, 0.3) is 26.4 Å². The number of carbonyl (C=O) groups excluding carboxylic acids is 2. The summed E-state index contributed by atoms with van der Waals surface area (Å²) in [6.07, 6.45) is 3.16. The number of thiazole rings is 1. The highest BCUT2D eigenvalue weighted by Gasteiger charge is 2.20. The third-order valence-corrected chi connectivity index (χ3v) is 8.22. The number of fused-ring (bicyclic) bond motifs is 3. The lowest BCUT2D eigenvalue weighted by atomic mass is 10.0. The number of amides is 2. The van der Waals surface area contributed by atoms with Crippen molar-refractivity contribution in [3.8, 4) is 11.3 Å². The van der Waals surface area contributed by atoms with Gasteiger partial charge in [0.1, 0.15) is 5.60 Å². The molecular formula is C31H37F2N5O3S. The second-order valence-corrected chi connectivity index (χ2v) is 12.7. The van der Waals surface area contributed by atoms with Gasteiger partial charge in [-0.25, -0.2) is 18.6 Å². The van der Waals surface area contributed by atoms with Crippen molar-refractivity contribution < 1.29 is 23.1 Å². The summed E-state index contributed by atoms with van der Waals surface area (Å²) in [5, 5.41) is 5.63. The second-order valence-electron chi connectivity index (χ2n) is 11.7. The van der Waals surface area contributed by atoms with Gasteiger partial charge in [0.05, 0.1) is 15.9 Å². The van der Waals surface area contributed by atoms with Crippen LogP contribution in [-0.4, -0.2) is 58.1 Å². The van der Waals surface area contributed by atoms with Gasteiger partial charge in [-0.2, -0.15) is 0 Å². The number of alkyl halides is 2. The molecule has 1 aliphatic rings. The fraction of sp³-hybridized carbons (Fsp3) is 0.452. The van der Waals surface area contributed by atoms with Crippen molar-refractivity contribution in [3.63, 3.8) is 0 Å². The van der Waals surface area contributed by atoms with Crippen LogP contribution in [0.2, 0.25) is 0 Å². The first-order valence-corrected chi connectivity index (χ1v) is 15.2. The number of ether oxygens (including phenoxy) is 1. The summed E-state index contributed by atoms with van der Waals surface area (Å²) in [5.41, 5.74) is 1.92. The molecule has 11 heteroatoms. The van der Waals surface area contributed by atoms with E-state index in [1.807, 2.05) is 16.5 Å². The van der Waals surface area contributed by atoms with E-state index in [1.54, 1.807) is 45.2 Å². The molecule has 0 unspecified atom stereocenters. The van der Waals surface area contributed by atoms with E-state index in [2.05, 4.69) is 20.5 Å². The Morgan fingerprint density at radius 2 is 1.86 bits per heavy atom. The van der Waals surface area contributed by atoms with Gasteiger partial charge in [-0.1, -0.05) is 29.9 Å². The molecule has 0 spiro atoms. The fourth-order valence-electron chi connectivity index (χ4n) is 5.19. The molecule has 2 N–H and O–H groups in total. The van der Waals surface area contributed by atoms with Gasteiger partial charge in [-0.3, -0.25) is 9.20 Å². The van der Waals surface area contributed by atoms with E-state index >= 15 is 0 Å². The number of halogens is 2. The van der Waals surface area contributed by atoms with Crippen molar-refractivity contribution in [2.45, 2.75) is 65.0 Å². The molecule has 4 aromatic rings. The van der Waals surface area contributed by atoms with Crippen LogP contribution < -0.4 is 10.6 Å². The zero-order chi connectivity index (χ0) is 29.9. The summed E-state index contributed by atoms with van der Waals surface area (Å²) in [5.74, 6) is -0.106. The van der Waals surface area contributed by atoms with E-state index in [9.17, 15) is 18.4 Å². The standard InChI is InChI=1S/C31H37F2N5O3S/c1-31(2,3)41-30(40)35-18-20-8-10-22(23(16-20)27(32)33)24-19-38-25-11-9-21(17-26(25)42-29(38)36-24)28(39)34-12-7-15-37-13-5-4-6-14-37/h8-11,16-17,19,27H,4-7,12-15,18H2,1-3H3,(H,34,39)(H,35,40). The van der Waals surface area contributed by atoms with Crippen LogP contribution in [0.15, 0.2) is 42.6 Å². The lowest BCUT2D eigenvalue weighted by Gasteiger charge is -2.26. The van der Waals surface area contributed by atoms with Crippen LogP contribution >= 0.6 is 11.3 Å². The number of hydrogen-bond donors (Lipinski definition) is 2. The van der Waals surface area contributed by atoms with E-state index in [4.69, 9.17) is 4.74 Å². The molecular weight excluding hydrogens is 560 g/mol. The quantitative estimate of drug-likeness (QED) is 0.208. The van der Waals surface area contributed by atoms with Gasteiger partial charge in [0.25, 0.3) is 12.3 Å². The summed E-state index contributed by atoms with van der Waals surface area (Å²) in [6, 6.07) is 10.2. The maximum absolute atomic E-state index is 14.1. The van der Waals surface area contributed by atoms with Gasteiger partial charge in [-0.05, 0) is 89.5 Å². The monoisotopic (exact) mass is 597 g/mol. The smallest absolute Gasteiger partial charge is 0.407 e. The predicted molar refractivity (Wildman–Crippen MR) is 161 cm³/mol. The Kier molecular flexibility index (Phi) is 9.08. The third kappa shape index (κ3) is 7.25. The number of nitrogens with zero attached hydrogens (tertiary/aromatic N) is 3. The van der Waals surface area contributed by atoms with E-state index in [0.717, 1.165) is 36.3 Å². The number of alkyl carbamates (subject to hydrolysis) is 1. The number of likely N-dealkylation sites (tertiary alicyclic amines) is 1. The Bertz CT molecular complexity index is 1570. The number of hydrogen-bond acceptors (Lipinski definition) is 6. The molecule has 1 aliphatic heterocycles. The normalized spacial score (nSPS) is 14.5. The highest BCUT2D eigenvalue weighted by molar-refractivity contribution is 7.23. The zero-order valence-corrected chi connectivity index (χ0v) is 25.0. The van der Waals surface area contributed by atoms with Crippen molar-refractivity contribution in [1.82, 2.24) is 24.9 Å². The van der Waals surface area contributed by atoms with Crippen LogP contribution in [0, 0.1) is 0 Å². The highest BCUT2D eigenvalue weighted by Crippen LogP contribution is 2.35. The van der Waals surface area contributed by atoms with Gasteiger partial charge in [0.15, 0.2) is 4.96 Å². The number of imidazole rings is 1. The van der Waals surface area contributed by atoms with Gasteiger partial charge in [0.2, 0.25) is 0 Å². The van der Waals surface area contributed by atoms with Crippen LogP contribution in [0.1, 0.15) is 74.4 Å². The lowest BCUT2D eigenvalue weighted by molar-refractivity contribution is 0.0523. The number of nitrogens with one attached hydrogen (secondary N) is 2. The van der Waals surface area contributed by atoms with Crippen LogP contribution in [-0.2, 0) is 11.3 Å². The van der Waals surface area contributed by atoms with Crippen molar-refractivity contribution in [3.05, 3.63) is 59.3 Å². The molecule has 42 heavy (non-hydrogen) atoms. The molecule has 3 heterocycles. The maximum Gasteiger partial charge on any atom is 0.407 e. The van der Waals surface area contributed by atoms with E-state index < -0.39 is 18.1 Å². The molecule has 0 aliphatic carbocycles. The molecule has 0 atom stereocenters. The summed E-state index contributed by atoms with van der Waals surface area (Å²) in [4.78, 5) is 32.5. The van der Waals surface area contributed by atoms with E-state index in [1.165, 1.54) is 36.7 Å². The topological polar surface area (TPSA) is 88.0 Å². The number of benzene rings is 2. The molecule has 224 valence electrons. The Morgan fingerprint density at radius 3 is 2.60 bits per heavy atom. The molecule has 0 bridgehead atoms. The summed E-state index contributed by atoms with van der Waals surface area (Å²) >= 11 is 1.41. The first-order valence-electron chi connectivity index (χ1n) is 14.4. The van der Waals surface area contributed by atoms with Gasteiger partial charge in [-0.15, -0.1) is 0 Å². The van der Waals surface area contributed by atoms with Crippen molar-refractivity contribution in [2.75, 3.05) is 26.2 Å². The molecule has 8 nitrogen and oxygen atoms in total. The molecule has 2 amide bonds. The SMILES string of the molecule is CC(C)(C)OC(=O)NCc1ccc(-c2cn3c(n2)sc2cc(C(=O)NCCCN4CCCCC4)ccc23)c(C(F)F)c1. The number of aromatic nitrogens is 2. The minimum Gasteiger partial charge on any atom is -0.444 e. The first-order chi connectivity index (χ1) is 20.1. The largest absolute Gasteiger partial charge is 0.444 e. The summed E-state index contributed by atoms with van der Waals surface area (Å²) < 4.78 is 36.2. The van der Waals surface area contributed by atoms with Crippen molar-refractivity contribution in [1.29, 1.82) is 0 Å². The average molecular weight is 598 g/mol.